The molecule has 0 unspecified atom stereocenters. The van der Waals surface area contributed by atoms with Crippen LogP contribution in [0.1, 0.15) is 27.0 Å². The summed E-state index contributed by atoms with van der Waals surface area (Å²) in [6.07, 6.45) is 1.59. The smallest absolute Gasteiger partial charge is 0.271 e. The van der Waals surface area contributed by atoms with E-state index in [9.17, 15) is 4.79 Å². The van der Waals surface area contributed by atoms with E-state index in [1.54, 1.807) is 18.3 Å². The zero-order valence-electron chi connectivity index (χ0n) is 15.5. The van der Waals surface area contributed by atoms with E-state index in [0.29, 0.717) is 17.9 Å². The highest BCUT2D eigenvalue weighted by Gasteiger charge is 2.09. The fraction of sp³-hybridized carbons (Fsp3) is 0.0909. The molecule has 0 aliphatic carbocycles. The van der Waals surface area contributed by atoms with Gasteiger partial charge < -0.3 is 4.74 Å². The van der Waals surface area contributed by atoms with Gasteiger partial charge in [0.2, 0.25) is 0 Å². The molecule has 0 atom stereocenters. The van der Waals surface area contributed by atoms with E-state index in [1.807, 2.05) is 36.4 Å². The van der Waals surface area contributed by atoms with Gasteiger partial charge in [0.25, 0.3) is 5.91 Å². The van der Waals surface area contributed by atoms with Crippen LogP contribution in [0.4, 0.5) is 0 Å². The van der Waals surface area contributed by atoms with E-state index < -0.39 is 0 Å². The van der Waals surface area contributed by atoms with Gasteiger partial charge in [-0.1, -0.05) is 35.9 Å². The van der Waals surface area contributed by atoms with Crippen molar-refractivity contribution in [1.29, 1.82) is 0 Å². The van der Waals surface area contributed by atoms with Gasteiger partial charge in [-0.15, -0.1) is 0 Å². The van der Waals surface area contributed by atoms with Crippen LogP contribution in [0.5, 0.6) is 5.75 Å². The average Bonchev–Trinajstić information content (AvgIpc) is 2.67. The Morgan fingerprint density at radius 2 is 1.83 bits per heavy atom. The van der Waals surface area contributed by atoms with E-state index >= 15 is 0 Å². The van der Waals surface area contributed by atoms with Crippen molar-refractivity contribution < 1.29 is 9.53 Å². The molecule has 0 radical (unpaired) electrons. The number of rotatable bonds is 6. The molecule has 0 aliphatic rings. The Hall–Kier alpha value is -1.71. The summed E-state index contributed by atoms with van der Waals surface area (Å²) in [5.41, 5.74) is 6.23. The van der Waals surface area contributed by atoms with Gasteiger partial charge in [-0.25, -0.2) is 5.43 Å². The zero-order chi connectivity index (χ0) is 20.8. The molecular weight excluding hydrogens is 611 g/mol. The highest BCUT2D eigenvalue weighted by molar-refractivity contribution is 14.1. The maximum atomic E-state index is 12.2. The second-order valence-electron chi connectivity index (χ2n) is 6.30. The number of ether oxygens (including phenoxy) is 1. The number of benzene rings is 3. The summed E-state index contributed by atoms with van der Waals surface area (Å²) < 4.78 is 8.55. The molecule has 0 heterocycles. The van der Waals surface area contributed by atoms with E-state index in [2.05, 4.69) is 84.0 Å². The number of nitrogens with one attached hydrogen (secondary N) is 1. The molecule has 148 valence electrons. The zero-order valence-corrected chi connectivity index (χ0v) is 20.8. The lowest BCUT2D eigenvalue weighted by Gasteiger charge is -2.11. The number of carbonyl (C=O) groups is 1. The van der Waals surface area contributed by atoms with Crippen LogP contribution in [0.3, 0.4) is 0 Å². The van der Waals surface area contributed by atoms with E-state index in [-0.39, 0.29) is 5.91 Å². The van der Waals surface area contributed by atoms with Gasteiger partial charge in [0.15, 0.2) is 0 Å². The lowest BCUT2D eigenvalue weighted by atomic mass is 10.1. The first-order chi connectivity index (χ1) is 13.9. The van der Waals surface area contributed by atoms with Crippen molar-refractivity contribution in [3.05, 3.63) is 95.4 Å². The minimum Gasteiger partial charge on any atom is -0.487 e. The molecule has 3 aromatic rings. The molecule has 0 fully saturated rings. The van der Waals surface area contributed by atoms with Crippen LogP contribution in [-0.2, 0) is 6.61 Å². The third kappa shape index (κ3) is 6.38. The Bertz CT molecular complexity index is 1050. The van der Waals surface area contributed by atoms with Gasteiger partial charge in [-0.2, -0.15) is 5.10 Å². The van der Waals surface area contributed by atoms with E-state index in [1.165, 1.54) is 5.56 Å². The molecule has 0 aromatic heterocycles. The standard InChI is InChI=1S/C22H17Br2IN2O2/c1-14-4-2-5-15(8-14)13-29-21-19(23)9-16(10-20(21)24)12-26-27-22(28)17-6-3-7-18(25)11-17/h2-12H,13H2,1H3,(H,27,28)/b26-12-. The van der Waals surface area contributed by atoms with Gasteiger partial charge >= 0.3 is 0 Å². The summed E-state index contributed by atoms with van der Waals surface area (Å²) in [5, 5.41) is 4.05. The first-order valence-corrected chi connectivity index (χ1v) is 11.4. The van der Waals surface area contributed by atoms with Crippen molar-refractivity contribution in [2.75, 3.05) is 0 Å². The molecule has 1 amide bonds. The molecule has 4 nitrogen and oxygen atoms in total. The summed E-state index contributed by atoms with van der Waals surface area (Å²) in [7, 11) is 0. The number of halogens is 3. The number of nitrogens with zero attached hydrogens (tertiary/aromatic N) is 1. The van der Waals surface area contributed by atoms with Crippen LogP contribution < -0.4 is 10.2 Å². The normalized spacial score (nSPS) is 10.9. The maximum Gasteiger partial charge on any atom is 0.271 e. The van der Waals surface area contributed by atoms with Gasteiger partial charge in [0.1, 0.15) is 12.4 Å². The lowest BCUT2D eigenvalue weighted by Crippen LogP contribution is -2.17. The van der Waals surface area contributed by atoms with Crippen LogP contribution in [0.2, 0.25) is 0 Å². The second-order valence-corrected chi connectivity index (χ2v) is 9.26. The van der Waals surface area contributed by atoms with Crippen molar-refractivity contribution in [2.45, 2.75) is 13.5 Å². The fourth-order valence-corrected chi connectivity index (χ4v) is 4.60. The van der Waals surface area contributed by atoms with Crippen molar-refractivity contribution in [1.82, 2.24) is 5.43 Å². The summed E-state index contributed by atoms with van der Waals surface area (Å²) >= 11 is 9.26. The van der Waals surface area contributed by atoms with Crippen LogP contribution in [0, 0.1) is 10.5 Å². The molecule has 0 spiro atoms. The average molecular weight is 628 g/mol. The molecule has 3 rings (SSSR count). The molecule has 1 N–H and O–H groups in total. The molecule has 29 heavy (non-hydrogen) atoms. The van der Waals surface area contributed by atoms with Crippen molar-refractivity contribution >= 4 is 66.6 Å². The highest BCUT2D eigenvalue weighted by Crippen LogP contribution is 2.35. The molecule has 3 aromatic carbocycles. The summed E-state index contributed by atoms with van der Waals surface area (Å²) in [6, 6.07) is 19.3. The maximum absolute atomic E-state index is 12.2. The van der Waals surface area contributed by atoms with Crippen molar-refractivity contribution in [2.24, 2.45) is 5.10 Å². The molecule has 0 saturated heterocycles. The molecule has 0 aliphatic heterocycles. The summed E-state index contributed by atoms with van der Waals surface area (Å²) in [4.78, 5) is 12.2. The van der Waals surface area contributed by atoms with Crippen LogP contribution >= 0.6 is 54.5 Å². The van der Waals surface area contributed by atoms with Gasteiger partial charge in [-0.3, -0.25) is 4.79 Å². The summed E-state index contributed by atoms with van der Waals surface area (Å²) in [5.74, 6) is 0.461. The second kappa shape index (κ2) is 10.4. The minimum atomic E-state index is -0.254. The van der Waals surface area contributed by atoms with E-state index in [4.69, 9.17) is 4.74 Å². The monoisotopic (exact) mass is 626 g/mol. The van der Waals surface area contributed by atoms with E-state index in [0.717, 1.165) is 23.6 Å². The number of amides is 1. The molecular formula is C22H17Br2IN2O2. The molecule has 0 saturated carbocycles. The number of hydrogen-bond donors (Lipinski definition) is 1. The number of carbonyl (C=O) groups excluding carboxylic acids is 1. The minimum absolute atomic E-state index is 0.254. The highest BCUT2D eigenvalue weighted by atomic mass is 127. The predicted octanol–water partition coefficient (Wildman–Crippen LogP) is 6.47. The van der Waals surface area contributed by atoms with Crippen LogP contribution in [-0.4, -0.2) is 12.1 Å². The Kier molecular flexibility index (Phi) is 7.85. The molecule has 7 heteroatoms. The Balaban J connectivity index is 1.65. The third-order valence-corrected chi connectivity index (χ3v) is 5.80. The number of hydrogen-bond acceptors (Lipinski definition) is 3. The Morgan fingerprint density at radius 3 is 2.52 bits per heavy atom. The van der Waals surface area contributed by atoms with Crippen molar-refractivity contribution in [3.8, 4) is 5.75 Å². The Morgan fingerprint density at radius 1 is 1.10 bits per heavy atom. The van der Waals surface area contributed by atoms with Crippen LogP contribution in [0.25, 0.3) is 0 Å². The first kappa shape index (κ1) is 22.0. The van der Waals surface area contributed by atoms with Gasteiger partial charge in [-0.05, 0) is 103 Å². The fourth-order valence-electron chi connectivity index (χ4n) is 2.61. The van der Waals surface area contributed by atoms with Gasteiger partial charge in [0.05, 0.1) is 15.2 Å². The predicted molar refractivity (Wildman–Crippen MR) is 132 cm³/mol. The number of hydrazone groups is 1. The quantitative estimate of drug-likeness (QED) is 0.194. The lowest BCUT2D eigenvalue weighted by molar-refractivity contribution is 0.0955. The first-order valence-electron chi connectivity index (χ1n) is 8.69. The molecule has 0 bridgehead atoms. The van der Waals surface area contributed by atoms with Crippen LogP contribution in [0.15, 0.2) is 74.7 Å². The van der Waals surface area contributed by atoms with Crippen molar-refractivity contribution in [3.63, 3.8) is 0 Å². The number of aryl methyl sites for hydroxylation is 1. The van der Waals surface area contributed by atoms with Gasteiger partial charge in [0, 0.05) is 9.13 Å². The summed E-state index contributed by atoms with van der Waals surface area (Å²) in [6.45, 7) is 2.53. The SMILES string of the molecule is Cc1cccc(COc2c(Br)cc(/C=N\NC(=O)c3cccc(I)c3)cc2Br)c1. The Labute approximate surface area is 200 Å². The largest absolute Gasteiger partial charge is 0.487 e. The topological polar surface area (TPSA) is 50.7 Å². The third-order valence-electron chi connectivity index (χ3n) is 3.95.